The van der Waals surface area contributed by atoms with E-state index in [4.69, 9.17) is 4.79 Å². The Bertz CT molecular complexity index is 970. The molecule has 8 heteroatoms. The Labute approximate surface area is 258 Å². The maximum atomic E-state index is 13.9. The number of hydrogen-bond acceptors (Lipinski definition) is 6. The van der Waals surface area contributed by atoms with E-state index >= 15 is 0 Å². The Balaban J connectivity index is 0.000000689. The number of carbonyl (C=O) groups excluding carboxylic acids is 2. The molecule has 0 radical (unpaired) electrons. The second-order valence-electron chi connectivity index (χ2n) is 7.81. The molecule has 1 aromatic heterocycles. The van der Waals surface area contributed by atoms with Gasteiger partial charge in [0, 0.05) is 19.4 Å². The number of carbonyl (C=O) groups is 1. The van der Waals surface area contributed by atoms with Crippen LogP contribution in [0.1, 0.15) is 64.6 Å². The zero-order valence-corrected chi connectivity index (χ0v) is 25.6. The summed E-state index contributed by atoms with van der Waals surface area (Å²) in [6.07, 6.45) is 8.60. The fourth-order valence-electron chi connectivity index (χ4n) is 3.84. The van der Waals surface area contributed by atoms with Gasteiger partial charge in [-0.2, -0.15) is 11.6 Å². The topological polar surface area (TPSA) is 74.3 Å². The molecule has 2 aromatic rings. The molecule has 2 N–H and O–H groups in total. The molecule has 0 saturated carbocycles. The minimum Gasteiger partial charge on any atom is -0.540 e. The third-order valence-electron chi connectivity index (χ3n) is 5.53. The average Bonchev–Trinajstić information content (AvgIpc) is 2.87. The molecule has 1 aliphatic heterocycles. The molecule has 6 nitrogen and oxygen atoms in total. The largest absolute Gasteiger partial charge is 1.00 e. The Morgan fingerprint density at radius 2 is 1.92 bits per heavy atom. The van der Waals surface area contributed by atoms with Gasteiger partial charge in [0.1, 0.15) is 12.0 Å². The van der Waals surface area contributed by atoms with Crippen molar-refractivity contribution in [2.75, 3.05) is 37.3 Å². The molecule has 2 heterocycles. The van der Waals surface area contributed by atoms with Crippen LogP contribution in [0.5, 0.6) is 0 Å². The van der Waals surface area contributed by atoms with Crippen molar-refractivity contribution in [1.82, 2.24) is 9.88 Å². The van der Waals surface area contributed by atoms with Crippen LogP contribution in [0.15, 0.2) is 30.5 Å². The molecule has 36 heavy (non-hydrogen) atoms. The van der Waals surface area contributed by atoms with Gasteiger partial charge in [0.2, 0.25) is 0 Å². The van der Waals surface area contributed by atoms with Crippen molar-refractivity contribution >= 4 is 23.9 Å². The van der Waals surface area contributed by atoms with E-state index < -0.39 is 5.54 Å². The molecule has 1 unspecified atom stereocenters. The van der Waals surface area contributed by atoms with Crippen molar-refractivity contribution in [3.05, 3.63) is 53.6 Å². The number of aromatic nitrogens is 1. The number of nitrogens with one attached hydrogen (secondary N) is 2. The van der Waals surface area contributed by atoms with Crippen molar-refractivity contribution in [3.63, 3.8) is 0 Å². The monoisotopic (exact) mass is 519 g/mol. The van der Waals surface area contributed by atoms with E-state index in [1.54, 1.807) is 13.1 Å². The van der Waals surface area contributed by atoms with Crippen LogP contribution in [-0.4, -0.2) is 49.1 Å². The number of rotatable bonds is 7. The number of hydrogen-bond donors (Lipinski definition) is 2. The van der Waals surface area contributed by atoms with Gasteiger partial charge >= 0.3 is 51.4 Å². The zero-order valence-electron chi connectivity index (χ0n) is 22.5. The van der Waals surface area contributed by atoms with E-state index in [0.29, 0.717) is 24.2 Å². The predicted octanol–water partition coefficient (Wildman–Crippen LogP) is 1.96. The van der Waals surface area contributed by atoms with Crippen LogP contribution in [0.25, 0.3) is 0 Å². The number of pyridine rings is 1. The Hall–Kier alpha value is -1.60. The number of anilines is 2. The van der Waals surface area contributed by atoms with Gasteiger partial charge in [0.05, 0.1) is 11.9 Å². The molecule has 0 aliphatic carbocycles. The fourth-order valence-corrected chi connectivity index (χ4v) is 3.84. The van der Waals surface area contributed by atoms with E-state index in [2.05, 4.69) is 44.7 Å². The zero-order chi connectivity index (χ0) is 26.1. The number of aldehydes is 1. The van der Waals surface area contributed by atoms with E-state index in [1.165, 1.54) is 25.5 Å². The second-order valence-corrected chi connectivity index (χ2v) is 7.81. The van der Waals surface area contributed by atoms with Crippen molar-refractivity contribution in [2.24, 2.45) is 0 Å². The summed E-state index contributed by atoms with van der Waals surface area (Å²) in [5.74, 6) is 5.32. The molecule has 1 aromatic carbocycles. The quantitative estimate of drug-likeness (QED) is 0.252. The van der Waals surface area contributed by atoms with Crippen molar-refractivity contribution < 1.29 is 65.4 Å². The number of benzene rings is 1. The SMILES string of the molecule is CC#Cc1ccc(NC)cn1.CC=O.CCNc1[c-]c(C([C-]=O)(CC)N2CCCCC2)cc(F)c1.[K+]. The molecule has 1 saturated heterocycles. The summed E-state index contributed by atoms with van der Waals surface area (Å²) in [5.41, 5.74) is 2.11. The first-order chi connectivity index (χ1) is 16.9. The van der Waals surface area contributed by atoms with E-state index in [-0.39, 0.29) is 57.2 Å². The van der Waals surface area contributed by atoms with Crippen LogP contribution in [0, 0.1) is 23.7 Å². The van der Waals surface area contributed by atoms with Crippen LogP contribution in [0.3, 0.4) is 0 Å². The number of nitrogens with zero attached hydrogens (tertiary/aromatic N) is 2. The van der Waals surface area contributed by atoms with E-state index in [0.717, 1.165) is 43.6 Å². The summed E-state index contributed by atoms with van der Waals surface area (Å²) in [6, 6.07) is 9.84. The summed E-state index contributed by atoms with van der Waals surface area (Å²) in [7, 11) is 1.86. The number of likely N-dealkylation sites (tertiary alicyclic amines) is 1. The minimum atomic E-state index is -0.882. The first-order valence-electron chi connectivity index (χ1n) is 12.0. The minimum absolute atomic E-state index is 0. The number of piperidine rings is 1. The second kappa shape index (κ2) is 19.5. The Morgan fingerprint density at radius 3 is 2.39 bits per heavy atom. The van der Waals surface area contributed by atoms with E-state index in [1.807, 2.05) is 33.0 Å². The summed E-state index contributed by atoms with van der Waals surface area (Å²) < 4.78 is 13.9. The van der Waals surface area contributed by atoms with Crippen molar-refractivity contribution in [2.45, 2.75) is 58.9 Å². The maximum Gasteiger partial charge on any atom is 1.00 e. The van der Waals surface area contributed by atoms with Crippen LogP contribution < -0.4 is 62.0 Å². The molecular weight excluding hydrogens is 482 g/mol. The van der Waals surface area contributed by atoms with Crippen LogP contribution >= 0.6 is 0 Å². The first-order valence-corrected chi connectivity index (χ1v) is 12.0. The molecule has 1 aliphatic rings. The van der Waals surface area contributed by atoms with Gasteiger partial charge in [0.25, 0.3) is 0 Å². The summed E-state index contributed by atoms with van der Waals surface area (Å²) in [4.78, 5) is 26.8. The fraction of sp³-hybridized carbons (Fsp3) is 0.464. The average molecular weight is 520 g/mol. The third kappa shape index (κ3) is 10.8. The Kier molecular flexibility index (Phi) is 18.6. The standard InChI is InChI=1S/C17H23FN2O.C9H10N2.C2H4O.K/c1-3-17(13-21,20-8-6-5-7-9-20)14-10-15(18)12-16(11-14)19-4-2;1-3-4-8-5-6-9(10-2)7-11-8;1-2-3;/h10,12,19H,3-9H2,1-2H3;5-7,10H,1-2H3;2H,1H3;/q-2;;;+1. The van der Waals surface area contributed by atoms with Crippen LogP contribution in [-0.2, 0) is 15.1 Å². The third-order valence-corrected chi connectivity index (χ3v) is 5.53. The van der Waals surface area contributed by atoms with Gasteiger partial charge in [-0.15, -0.1) is 12.1 Å². The van der Waals surface area contributed by atoms with E-state index in [9.17, 15) is 9.18 Å². The summed E-state index contributed by atoms with van der Waals surface area (Å²) >= 11 is 0. The van der Waals surface area contributed by atoms with Gasteiger partial charge < -0.3 is 25.1 Å². The Morgan fingerprint density at radius 1 is 1.25 bits per heavy atom. The van der Waals surface area contributed by atoms with Gasteiger partial charge in [-0.3, -0.25) is 0 Å². The van der Waals surface area contributed by atoms with Gasteiger partial charge in [-0.05, 0) is 64.8 Å². The first kappa shape index (κ1) is 34.4. The molecule has 0 amide bonds. The molecule has 190 valence electrons. The van der Waals surface area contributed by atoms with Gasteiger partial charge in [0.15, 0.2) is 0 Å². The predicted molar refractivity (Wildman–Crippen MR) is 141 cm³/mol. The molecule has 1 fully saturated rings. The summed E-state index contributed by atoms with van der Waals surface area (Å²) in [5, 5.41) is 6.05. The molecular formula is C28H37FKN4O2-. The maximum absolute atomic E-state index is 13.9. The normalized spacial score (nSPS) is 13.9. The van der Waals surface area contributed by atoms with Crippen molar-refractivity contribution in [1.29, 1.82) is 0 Å². The molecule has 3 rings (SSSR count). The molecule has 0 bridgehead atoms. The molecule has 0 spiro atoms. The van der Waals surface area contributed by atoms with Crippen LogP contribution in [0.2, 0.25) is 0 Å². The molecule has 1 atom stereocenters. The van der Waals surface area contributed by atoms with Crippen LogP contribution in [0.4, 0.5) is 15.8 Å². The van der Waals surface area contributed by atoms with Crippen molar-refractivity contribution in [3.8, 4) is 11.8 Å². The summed E-state index contributed by atoms with van der Waals surface area (Å²) in [6.45, 7) is 9.53. The smallest absolute Gasteiger partial charge is 0.540 e. The number of halogens is 1. The van der Waals surface area contributed by atoms with Gasteiger partial charge in [-0.25, -0.2) is 15.7 Å². The van der Waals surface area contributed by atoms with Gasteiger partial charge in [-0.1, -0.05) is 36.9 Å².